The smallest absolute Gasteiger partial charge is 0.246 e. The van der Waals surface area contributed by atoms with Gasteiger partial charge >= 0.3 is 0 Å². The van der Waals surface area contributed by atoms with Crippen molar-refractivity contribution in [3.05, 3.63) is 54.4 Å². The molecule has 3 aromatic heterocycles. The third-order valence-electron chi connectivity index (χ3n) is 4.36. The normalized spacial score (nSPS) is 16.4. The van der Waals surface area contributed by atoms with E-state index in [1.807, 2.05) is 12.1 Å². The van der Waals surface area contributed by atoms with E-state index in [9.17, 15) is 9.59 Å². The quantitative estimate of drug-likeness (QED) is 0.659. The minimum Gasteiger partial charge on any atom is -0.347 e. The van der Waals surface area contributed by atoms with Crippen molar-refractivity contribution in [2.45, 2.75) is 19.5 Å². The summed E-state index contributed by atoms with van der Waals surface area (Å²) in [7, 11) is 0. The van der Waals surface area contributed by atoms with Gasteiger partial charge in [-0.2, -0.15) is 4.98 Å². The number of pyridine rings is 1. The molecule has 142 valence electrons. The van der Waals surface area contributed by atoms with E-state index < -0.39 is 5.92 Å². The molecule has 1 saturated heterocycles. The number of hydrogen-bond acceptors (Lipinski definition) is 8. The minimum atomic E-state index is -0.408. The maximum absolute atomic E-state index is 12.4. The minimum absolute atomic E-state index is 0.0433. The molecule has 28 heavy (non-hydrogen) atoms. The Balaban J connectivity index is 1.31. The fourth-order valence-corrected chi connectivity index (χ4v) is 2.95. The average Bonchev–Trinajstić information content (AvgIpc) is 3.35. The number of rotatable bonds is 6. The topological polar surface area (TPSA) is 127 Å². The fraction of sp³-hybridized carbons (Fsp3) is 0.278. The molecule has 0 bridgehead atoms. The first-order chi connectivity index (χ1) is 13.7. The van der Waals surface area contributed by atoms with Crippen LogP contribution in [0.1, 0.15) is 17.9 Å². The Morgan fingerprint density at radius 3 is 2.75 bits per heavy atom. The molecule has 0 saturated carbocycles. The van der Waals surface area contributed by atoms with Gasteiger partial charge in [0.15, 0.2) is 0 Å². The van der Waals surface area contributed by atoms with Crippen molar-refractivity contribution in [2.75, 3.05) is 6.54 Å². The summed E-state index contributed by atoms with van der Waals surface area (Å²) in [6, 6.07) is 5.39. The second kappa shape index (κ2) is 7.91. The van der Waals surface area contributed by atoms with Crippen LogP contribution >= 0.6 is 0 Å². The molecule has 0 aliphatic carbocycles. The highest BCUT2D eigenvalue weighted by Gasteiger charge is 2.34. The third-order valence-corrected chi connectivity index (χ3v) is 4.36. The lowest BCUT2D eigenvalue weighted by molar-refractivity contribution is -0.129. The van der Waals surface area contributed by atoms with Crippen molar-refractivity contribution in [1.29, 1.82) is 0 Å². The summed E-state index contributed by atoms with van der Waals surface area (Å²) in [6.45, 7) is 0.920. The number of carbonyl (C=O) groups excluding carboxylic acids is 2. The number of nitrogens with one attached hydrogen (secondary N) is 1. The predicted octanol–water partition coefficient (Wildman–Crippen LogP) is 0.586. The van der Waals surface area contributed by atoms with Gasteiger partial charge in [-0.3, -0.25) is 14.6 Å². The zero-order valence-corrected chi connectivity index (χ0v) is 14.9. The van der Waals surface area contributed by atoms with Gasteiger partial charge in [-0.05, 0) is 23.8 Å². The second-order valence-corrected chi connectivity index (χ2v) is 6.33. The van der Waals surface area contributed by atoms with Crippen molar-refractivity contribution in [3.63, 3.8) is 0 Å². The largest absolute Gasteiger partial charge is 0.347 e. The van der Waals surface area contributed by atoms with Crippen LogP contribution in [0.2, 0.25) is 0 Å². The van der Waals surface area contributed by atoms with Gasteiger partial charge in [0.1, 0.15) is 0 Å². The van der Waals surface area contributed by atoms with Crippen LogP contribution in [0.4, 0.5) is 0 Å². The molecule has 0 aromatic carbocycles. The lowest BCUT2D eigenvalue weighted by Gasteiger charge is -2.16. The summed E-state index contributed by atoms with van der Waals surface area (Å²) < 4.78 is 5.11. The first-order valence-corrected chi connectivity index (χ1v) is 8.73. The maximum atomic E-state index is 12.4. The Labute approximate surface area is 160 Å². The molecule has 1 fully saturated rings. The summed E-state index contributed by atoms with van der Waals surface area (Å²) in [5, 5.41) is 6.55. The Kier molecular flexibility index (Phi) is 5.00. The number of carbonyl (C=O) groups is 2. The van der Waals surface area contributed by atoms with E-state index in [-0.39, 0.29) is 36.5 Å². The highest BCUT2D eigenvalue weighted by Crippen LogP contribution is 2.20. The summed E-state index contributed by atoms with van der Waals surface area (Å²) in [5.41, 5.74) is 0.978. The van der Waals surface area contributed by atoms with Gasteiger partial charge in [-0.15, -0.1) is 0 Å². The van der Waals surface area contributed by atoms with Crippen molar-refractivity contribution >= 4 is 11.8 Å². The van der Waals surface area contributed by atoms with Gasteiger partial charge in [0.05, 0.1) is 12.5 Å². The lowest BCUT2D eigenvalue weighted by atomic mass is 10.1. The zero-order chi connectivity index (χ0) is 19.3. The van der Waals surface area contributed by atoms with Gasteiger partial charge in [-0.1, -0.05) is 5.16 Å². The highest BCUT2D eigenvalue weighted by molar-refractivity contribution is 5.89. The van der Waals surface area contributed by atoms with Crippen LogP contribution in [0.15, 0.2) is 47.5 Å². The number of hydrogen-bond donors (Lipinski definition) is 1. The lowest BCUT2D eigenvalue weighted by Crippen LogP contribution is -2.32. The molecule has 4 heterocycles. The van der Waals surface area contributed by atoms with Crippen LogP contribution in [0, 0.1) is 5.92 Å². The zero-order valence-electron chi connectivity index (χ0n) is 14.9. The molecule has 4 rings (SSSR count). The van der Waals surface area contributed by atoms with Crippen LogP contribution in [0.3, 0.4) is 0 Å². The summed E-state index contributed by atoms with van der Waals surface area (Å²) in [6.07, 6.45) is 6.70. The van der Waals surface area contributed by atoms with Crippen LogP contribution in [-0.4, -0.2) is 48.4 Å². The first kappa shape index (κ1) is 17.7. The molecule has 1 aliphatic rings. The monoisotopic (exact) mass is 379 g/mol. The van der Waals surface area contributed by atoms with Crippen LogP contribution < -0.4 is 5.32 Å². The number of aromatic nitrogens is 5. The van der Waals surface area contributed by atoms with E-state index in [0.717, 1.165) is 5.56 Å². The van der Waals surface area contributed by atoms with Crippen molar-refractivity contribution in [3.8, 4) is 11.6 Å². The van der Waals surface area contributed by atoms with E-state index in [4.69, 9.17) is 4.52 Å². The van der Waals surface area contributed by atoms with E-state index in [1.54, 1.807) is 35.8 Å². The molecule has 0 spiro atoms. The van der Waals surface area contributed by atoms with Crippen molar-refractivity contribution < 1.29 is 14.1 Å². The van der Waals surface area contributed by atoms with Crippen molar-refractivity contribution in [1.82, 2.24) is 35.3 Å². The van der Waals surface area contributed by atoms with Crippen LogP contribution in [0.5, 0.6) is 0 Å². The maximum Gasteiger partial charge on any atom is 0.246 e. The van der Waals surface area contributed by atoms with E-state index in [1.165, 1.54) is 0 Å². The van der Waals surface area contributed by atoms with Crippen LogP contribution in [0.25, 0.3) is 11.6 Å². The number of likely N-dealkylation sites (tertiary alicyclic amines) is 1. The molecule has 3 aromatic rings. The highest BCUT2D eigenvalue weighted by atomic mass is 16.5. The molecule has 0 unspecified atom stereocenters. The van der Waals surface area contributed by atoms with E-state index in [0.29, 0.717) is 18.9 Å². The summed E-state index contributed by atoms with van der Waals surface area (Å²) in [5.74, 6) is 0.170. The summed E-state index contributed by atoms with van der Waals surface area (Å²) >= 11 is 0. The molecule has 0 radical (unpaired) electrons. The van der Waals surface area contributed by atoms with Gasteiger partial charge in [0.2, 0.25) is 29.4 Å². The molecular weight excluding hydrogens is 362 g/mol. The first-order valence-electron chi connectivity index (χ1n) is 8.73. The SMILES string of the molecule is O=C(NCc1nc(-c2ncccn2)no1)[C@@H]1CC(=O)N(Cc2ccncc2)C1. The van der Waals surface area contributed by atoms with Crippen LogP contribution in [-0.2, 0) is 22.7 Å². The van der Waals surface area contributed by atoms with Gasteiger partial charge in [0.25, 0.3) is 0 Å². The second-order valence-electron chi connectivity index (χ2n) is 6.33. The molecule has 2 amide bonds. The van der Waals surface area contributed by atoms with Gasteiger partial charge in [-0.25, -0.2) is 9.97 Å². The number of nitrogens with zero attached hydrogens (tertiary/aromatic N) is 6. The Bertz CT molecular complexity index is 962. The fourth-order valence-electron chi connectivity index (χ4n) is 2.95. The third kappa shape index (κ3) is 4.00. The molecule has 1 N–H and O–H groups in total. The van der Waals surface area contributed by atoms with Crippen molar-refractivity contribution in [2.24, 2.45) is 5.92 Å². The summed E-state index contributed by atoms with van der Waals surface area (Å²) in [4.78, 5) is 42.5. The molecule has 10 heteroatoms. The van der Waals surface area contributed by atoms with E-state index in [2.05, 4.69) is 30.4 Å². The Morgan fingerprint density at radius 1 is 1.18 bits per heavy atom. The predicted molar refractivity (Wildman–Crippen MR) is 94.9 cm³/mol. The standard InChI is InChI=1S/C18H17N7O3/c26-15-8-13(11-25(15)10-12-2-6-19-7-3-12)18(27)22-9-14-23-17(24-28-14)16-20-4-1-5-21-16/h1-7,13H,8-11H2,(H,22,27)/t13-/m1/s1. The van der Waals surface area contributed by atoms with Gasteiger partial charge < -0.3 is 14.7 Å². The molecular formula is C18H17N7O3. The molecule has 1 aliphatic heterocycles. The molecule has 10 nitrogen and oxygen atoms in total. The molecule has 1 atom stereocenters. The number of amides is 2. The average molecular weight is 379 g/mol. The Morgan fingerprint density at radius 2 is 1.96 bits per heavy atom. The van der Waals surface area contributed by atoms with E-state index >= 15 is 0 Å². The Hall–Kier alpha value is -3.69. The van der Waals surface area contributed by atoms with Gasteiger partial charge in [0, 0.05) is 44.3 Å².